The average molecular weight is 466 g/mol. The van der Waals surface area contributed by atoms with Crippen molar-refractivity contribution in [2.45, 2.75) is 44.7 Å². The summed E-state index contributed by atoms with van der Waals surface area (Å²) in [6.45, 7) is 0.288. The van der Waals surface area contributed by atoms with E-state index in [2.05, 4.69) is 4.98 Å². The lowest BCUT2D eigenvalue weighted by atomic mass is 9.95. The van der Waals surface area contributed by atoms with Crippen molar-refractivity contribution in [1.82, 2.24) is 18.7 Å². The van der Waals surface area contributed by atoms with Crippen molar-refractivity contribution in [3.63, 3.8) is 0 Å². The molecule has 0 spiro atoms. The third-order valence-electron chi connectivity index (χ3n) is 6.48. The Labute approximate surface area is 193 Å². The number of imidazole rings is 1. The molecule has 2 aromatic carbocycles. The van der Waals surface area contributed by atoms with Gasteiger partial charge in [0.2, 0.25) is 0 Å². The molecule has 2 heterocycles. The average Bonchev–Trinajstić information content (AvgIpc) is 3.26. The Bertz CT molecular complexity index is 1480. The molecule has 0 unspecified atom stereocenters. The van der Waals surface area contributed by atoms with E-state index in [0.717, 1.165) is 37.0 Å². The number of aromatic nitrogens is 4. The topological polar surface area (TPSA) is 71.1 Å². The maximum atomic E-state index is 14.1. The maximum Gasteiger partial charge on any atom is 0.337 e. The highest BCUT2D eigenvalue weighted by atomic mass is 19.2. The van der Waals surface area contributed by atoms with Crippen LogP contribution in [0.2, 0.25) is 0 Å². The first-order valence-corrected chi connectivity index (χ1v) is 11.3. The van der Waals surface area contributed by atoms with Gasteiger partial charge in [0.25, 0.3) is 5.56 Å². The van der Waals surface area contributed by atoms with Gasteiger partial charge < -0.3 is 9.30 Å². The monoisotopic (exact) mass is 466 g/mol. The van der Waals surface area contributed by atoms with Gasteiger partial charge in [0.15, 0.2) is 22.8 Å². The minimum Gasteiger partial charge on any atom is -0.496 e. The third kappa shape index (κ3) is 3.70. The lowest BCUT2D eigenvalue weighted by Crippen LogP contribution is -2.43. The Morgan fingerprint density at radius 2 is 1.79 bits per heavy atom. The second-order valence-electron chi connectivity index (χ2n) is 8.54. The summed E-state index contributed by atoms with van der Waals surface area (Å²) in [6, 6.07) is 10.4. The van der Waals surface area contributed by atoms with Gasteiger partial charge >= 0.3 is 5.69 Å². The van der Waals surface area contributed by atoms with Crippen molar-refractivity contribution < 1.29 is 13.5 Å². The largest absolute Gasteiger partial charge is 0.496 e. The first-order chi connectivity index (χ1) is 16.5. The van der Waals surface area contributed by atoms with Gasteiger partial charge in [-0.15, -0.1) is 0 Å². The molecule has 4 aromatic rings. The molecule has 0 radical (unpaired) electrons. The van der Waals surface area contributed by atoms with Crippen LogP contribution in [0.3, 0.4) is 0 Å². The second kappa shape index (κ2) is 8.89. The summed E-state index contributed by atoms with van der Waals surface area (Å²) in [5.41, 5.74) is 0.236. The van der Waals surface area contributed by atoms with E-state index in [4.69, 9.17) is 4.74 Å². The number of ether oxygens (including phenoxy) is 1. The Balaban J connectivity index is 1.78. The number of hydrogen-bond donors (Lipinski definition) is 0. The van der Waals surface area contributed by atoms with Gasteiger partial charge in [0.1, 0.15) is 5.75 Å². The molecule has 2 aromatic heterocycles. The van der Waals surface area contributed by atoms with Crippen LogP contribution in [0.1, 0.15) is 43.7 Å². The van der Waals surface area contributed by atoms with E-state index in [1.807, 2.05) is 24.3 Å². The Kier molecular flexibility index (Phi) is 5.77. The molecule has 0 atom stereocenters. The minimum absolute atomic E-state index is 0.1000. The smallest absolute Gasteiger partial charge is 0.337 e. The lowest BCUT2D eigenvalue weighted by Gasteiger charge is -2.24. The van der Waals surface area contributed by atoms with Crippen molar-refractivity contribution in [1.29, 1.82) is 0 Å². The summed E-state index contributed by atoms with van der Waals surface area (Å²) >= 11 is 0. The molecule has 176 valence electrons. The molecule has 1 fully saturated rings. The molecular formula is C25H24F2N4O3. The van der Waals surface area contributed by atoms with Crippen LogP contribution >= 0.6 is 0 Å². The molecule has 0 N–H and O–H groups in total. The Morgan fingerprint density at radius 3 is 2.53 bits per heavy atom. The highest BCUT2D eigenvalue weighted by Crippen LogP contribution is 2.27. The first kappa shape index (κ1) is 22.1. The minimum atomic E-state index is -1.08. The van der Waals surface area contributed by atoms with Crippen LogP contribution in [0.4, 0.5) is 8.78 Å². The molecule has 1 aliphatic rings. The van der Waals surface area contributed by atoms with Gasteiger partial charge in [-0.2, -0.15) is 0 Å². The van der Waals surface area contributed by atoms with Crippen LogP contribution in [-0.4, -0.2) is 25.8 Å². The van der Waals surface area contributed by atoms with E-state index in [1.54, 1.807) is 11.7 Å². The van der Waals surface area contributed by atoms with Gasteiger partial charge in [-0.1, -0.05) is 37.5 Å². The van der Waals surface area contributed by atoms with Crippen molar-refractivity contribution in [3.8, 4) is 11.4 Å². The zero-order chi connectivity index (χ0) is 23.8. The molecule has 0 saturated heterocycles. The van der Waals surface area contributed by atoms with E-state index in [9.17, 15) is 18.4 Å². The summed E-state index contributed by atoms with van der Waals surface area (Å²) in [7, 11) is 1.57. The van der Waals surface area contributed by atoms with Gasteiger partial charge in [0, 0.05) is 17.7 Å². The predicted octanol–water partition coefficient (Wildman–Crippen LogP) is 4.19. The van der Waals surface area contributed by atoms with E-state index in [0.29, 0.717) is 18.6 Å². The first-order valence-electron chi connectivity index (χ1n) is 11.3. The van der Waals surface area contributed by atoms with Crippen LogP contribution < -0.4 is 16.0 Å². The molecule has 34 heavy (non-hydrogen) atoms. The number of methoxy groups -OCH3 is 1. The van der Waals surface area contributed by atoms with Gasteiger partial charge in [-0.25, -0.2) is 23.1 Å². The highest BCUT2D eigenvalue weighted by Gasteiger charge is 2.26. The van der Waals surface area contributed by atoms with Crippen molar-refractivity contribution >= 4 is 11.2 Å². The zero-order valence-electron chi connectivity index (χ0n) is 18.7. The van der Waals surface area contributed by atoms with Crippen molar-refractivity contribution in [3.05, 3.63) is 86.8 Å². The molecule has 5 rings (SSSR count). The number of rotatable bonds is 5. The zero-order valence-corrected chi connectivity index (χ0v) is 18.7. The summed E-state index contributed by atoms with van der Waals surface area (Å²) in [4.78, 5) is 31.7. The van der Waals surface area contributed by atoms with Crippen LogP contribution in [0.15, 0.2) is 58.4 Å². The molecule has 1 saturated carbocycles. The molecule has 9 heteroatoms. The Morgan fingerprint density at radius 1 is 1.03 bits per heavy atom. The molecule has 1 aliphatic carbocycles. The SMILES string of the molecule is COc1ccccc1Cn1cnc2c1c(=O)n(C1CCCCC1)c(=O)n2-c1ccc(F)c(F)c1. The summed E-state index contributed by atoms with van der Waals surface area (Å²) < 4.78 is 37.3. The van der Waals surface area contributed by atoms with Crippen molar-refractivity contribution in [2.24, 2.45) is 0 Å². The van der Waals surface area contributed by atoms with Gasteiger partial charge in [0.05, 0.1) is 25.7 Å². The van der Waals surface area contributed by atoms with E-state index >= 15 is 0 Å². The van der Waals surface area contributed by atoms with E-state index in [-0.39, 0.29) is 29.4 Å². The standard InChI is InChI=1S/C25H24F2N4O3/c1-34-21-10-6-5-7-16(21)14-29-15-28-23-22(29)24(32)31(17-8-3-2-4-9-17)25(33)30(23)18-11-12-19(26)20(27)13-18/h5-7,10-13,15,17H,2-4,8-9,14H2,1H3. The lowest BCUT2D eigenvalue weighted by molar-refractivity contribution is 0.335. The van der Waals surface area contributed by atoms with Gasteiger partial charge in [-0.3, -0.25) is 9.36 Å². The molecule has 0 bridgehead atoms. The summed E-state index contributed by atoms with van der Waals surface area (Å²) in [6.07, 6.45) is 5.79. The molecular weight excluding hydrogens is 442 g/mol. The van der Waals surface area contributed by atoms with E-state index in [1.165, 1.54) is 21.5 Å². The van der Waals surface area contributed by atoms with E-state index < -0.39 is 22.9 Å². The fraction of sp³-hybridized carbons (Fsp3) is 0.320. The number of halogens is 2. The Hall–Kier alpha value is -3.75. The predicted molar refractivity (Wildman–Crippen MR) is 124 cm³/mol. The van der Waals surface area contributed by atoms with Crippen LogP contribution in [-0.2, 0) is 6.54 Å². The number of hydrogen-bond acceptors (Lipinski definition) is 4. The van der Waals surface area contributed by atoms with Crippen LogP contribution in [0, 0.1) is 11.6 Å². The normalized spacial score (nSPS) is 14.6. The number of fused-ring (bicyclic) bond motifs is 1. The number of nitrogens with zero attached hydrogens (tertiary/aromatic N) is 4. The van der Waals surface area contributed by atoms with Gasteiger partial charge in [-0.05, 0) is 31.0 Å². The fourth-order valence-electron chi connectivity index (χ4n) is 4.81. The molecule has 0 aliphatic heterocycles. The van der Waals surface area contributed by atoms with Crippen molar-refractivity contribution in [2.75, 3.05) is 7.11 Å². The fourth-order valence-corrected chi connectivity index (χ4v) is 4.81. The van der Waals surface area contributed by atoms with Crippen LogP contribution in [0.25, 0.3) is 16.9 Å². The highest BCUT2D eigenvalue weighted by molar-refractivity contribution is 5.72. The molecule has 7 nitrogen and oxygen atoms in total. The second-order valence-corrected chi connectivity index (χ2v) is 8.54. The maximum absolute atomic E-state index is 14.1. The molecule has 0 amide bonds. The number of para-hydroxylation sites is 1. The van der Waals surface area contributed by atoms with Crippen LogP contribution in [0.5, 0.6) is 5.75 Å². The third-order valence-corrected chi connectivity index (χ3v) is 6.48. The summed E-state index contributed by atoms with van der Waals surface area (Å²) in [5.74, 6) is -1.44. The quantitative estimate of drug-likeness (QED) is 0.442. The summed E-state index contributed by atoms with van der Waals surface area (Å²) in [5, 5.41) is 0. The number of benzene rings is 2.